The lowest BCUT2D eigenvalue weighted by Crippen LogP contribution is -2.15. The van der Waals surface area contributed by atoms with Gasteiger partial charge in [-0.1, -0.05) is 23.7 Å². The Bertz CT molecular complexity index is 579. The molecule has 5 heteroatoms. The standard InChI is InChI=1S/C14H12BrClFNO/c15-12-7-11(4-5-13(12)16)18-14(8-19)9-2-1-3-10(17)6-9/h1-7,14,18-19H,8H2. The van der Waals surface area contributed by atoms with E-state index in [1.807, 2.05) is 6.07 Å². The lowest BCUT2D eigenvalue weighted by molar-refractivity contribution is 0.276. The average molecular weight is 345 g/mol. The smallest absolute Gasteiger partial charge is 0.123 e. The maximum Gasteiger partial charge on any atom is 0.123 e. The molecular formula is C14H12BrClFNO. The molecule has 0 radical (unpaired) electrons. The van der Waals surface area contributed by atoms with Gasteiger partial charge in [0.1, 0.15) is 5.82 Å². The SMILES string of the molecule is OCC(Nc1ccc(Cl)c(Br)c1)c1cccc(F)c1. The number of aliphatic hydroxyl groups is 1. The number of nitrogens with one attached hydrogen (secondary N) is 1. The Kier molecular flexibility index (Phi) is 4.80. The third kappa shape index (κ3) is 3.69. The van der Waals surface area contributed by atoms with Crippen molar-refractivity contribution in [1.82, 2.24) is 0 Å². The van der Waals surface area contributed by atoms with Crippen LogP contribution >= 0.6 is 27.5 Å². The molecule has 2 aromatic carbocycles. The molecule has 2 N–H and O–H groups in total. The van der Waals surface area contributed by atoms with Gasteiger partial charge in [-0.3, -0.25) is 0 Å². The number of rotatable bonds is 4. The third-order valence-electron chi connectivity index (χ3n) is 2.69. The lowest BCUT2D eigenvalue weighted by Gasteiger charge is -2.18. The van der Waals surface area contributed by atoms with E-state index >= 15 is 0 Å². The minimum atomic E-state index is -0.372. The van der Waals surface area contributed by atoms with Gasteiger partial charge in [0, 0.05) is 10.2 Å². The van der Waals surface area contributed by atoms with Crippen LogP contribution in [0.4, 0.5) is 10.1 Å². The van der Waals surface area contributed by atoms with E-state index in [2.05, 4.69) is 21.2 Å². The summed E-state index contributed by atoms with van der Waals surface area (Å²) in [6, 6.07) is 11.1. The molecule has 0 aromatic heterocycles. The summed E-state index contributed by atoms with van der Waals surface area (Å²) in [5, 5.41) is 13.2. The average Bonchev–Trinajstić information content (AvgIpc) is 2.40. The topological polar surface area (TPSA) is 32.3 Å². The molecule has 19 heavy (non-hydrogen) atoms. The molecule has 0 fully saturated rings. The molecule has 0 aliphatic carbocycles. The fourth-order valence-electron chi connectivity index (χ4n) is 1.74. The first-order chi connectivity index (χ1) is 9.10. The predicted molar refractivity (Wildman–Crippen MR) is 79.0 cm³/mol. The van der Waals surface area contributed by atoms with E-state index in [9.17, 15) is 9.50 Å². The minimum Gasteiger partial charge on any atom is -0.394 e. The summed E-state index contributed by atoms with van der Waals surface area (Å²) >= 11 is 9.25. The van der Waals surface area contributed by atoms with E-state index in [1.165, 1.54) is 12.1 Å². The molecule has 0 spiro atoms. The highest BCUT2D eigenvalue weighted by molar-refractivity contribution is 9.10. The molecule has 2 aromatic rings. The van der Waals surface area contributed by atoms with Crippen molar-refractivity contribution in [3.63, 3.8) is 0 Å². The normalized spacial score (nSPS) is 12.2. The highest BCUT2D eigenvalue weighted by Gasteiger charge is 2.11. The van der Waals surface area contributed by atoms with Crippen LogP contribution < -0.4 is 5.32 Å². The highest BCUT2D eigenvalue weighted by Crippen LogP contribution is 2.28. The molecule has 0 aliphatic rings. The molecule has 0 heterocycles. The summed E-state index contributed by atoms with van der Waals surface area (Å²) < 4.78 is 13.9. The quantitative estimate of drug-likeness (QED) is 0.862. The molecule has 0 bridgehead atoms. The molecule has 0 aliphatic heterocycles. The zero-order valence-electron chi connectivity index (χ0n) is 9.91. The zero-order valence-corrected chi connectivity index (χ0v) is 12.2. The third-order valence-corrected chi connectivity index (χ3v) is 3.91. The largest absolute Gasteiger partial charge is 0.394 e. The molecule has 100 valence electrons. The molecule has 2 nitrogen and oxygen atoms in total. The molecule has 0 amide bonds. The van der Waals surface area contributed by atoms with Crippen molar-refractivity contribution in [1.29, 1.82) is 0 Å². The molecule has 2 rings (SSSR count). The number of benzene rings is 2. The van der Waals surface area contributed by atoms with Gasteiger partial charge in [0.2, 0.25) is 0 Å². The van der Waals surface area contributed by atoms with Gasteiger partial charge in [0.25, 0.3) is 0 Å². The van der Waals surface area contributed by atoms with Crippen LogP contribution in [0.1, 0.15) is 11.6 Å². The fourth-order valence-corrected chi connectivity index (χ4v) is 2.24. The van der Waals surface area contributed by atoms with Crippen LogP contribution in [0.3, 0.4) is 0 Å². The Balaban J connectivity index is 2.21. The van der Waals surface area contributed by atoms with Gasteiger partial charge in [-0.05, 0) is 51.8 Å². The van der Waals surface area contributed by atoms with Crippen LogP contribution in [0.2, 0.25) is 5.02 Å². The molecule has 1 atom stereocenters. The Labute approximate surface area is 124 Å². The Morgan fingerprint density at radius 1 is 1.26 bits per heavy atom. The van der Waals surface area contributed by atoms with Gasteiger partial charge in [-0.15, -0.1) is 0 Å². The summed E-state index contributed by atoms with van der Waals surface area (Å²) in [6.45, 7) is -0.135. The van der Waals surface area contributed by atoms with Crippen molar-refractivity contribution >= 4 is 33.2 Å². The van der Waals surface area contributed by atoms with Crippen molar-refractivity contribution in [2.75, 3.05) is 11.9 Å². The first-order valence-corrected chi connectivity index (χ1v) is 6.85. The Hall–Kier alpha value is -1.10. The van der Waals surface area contributed by atoms with Crippen molar-refractivity contribution in [3.05, 3.63) is 63.3 Å². The van der Waals surface area contributed by atoms with Crippen molar-refractivity contribution in [3.8, 4) is 0 Å². The Morgan fingerprint density at radius 3 is 2.68 bits per heavy atom. The lowest BCUT2D eigenvalue weighted by atomic mass is 10.1. The van der Waals surface area contributed by atoms with E-state index in [0.717, 1.165) is 10.2 Å². The number of aliphatic hydroxyl groups excluding tert-OH is 1. The second-order valence-corrected chi connectivity index (χ2v) is 5.32. The summed E-state index contributed by atoms with van der Waals surface area (Å²) in [4.78, 5) is 0. The van der Waals surface area contributed by atoms with Crippen molar-refractivity contribution in [2.24, 2.45) is 0 Å². The van der Waals surface area contributed by atoms with Gasteiger partial charge in [0.05, 0.1) is 17.7 Å². The van der Waals surface area contributed by atoms with Crippen LogP contribution in [-0.4, -0.2) is 11.7 Å². The second-order valence-electron chi connectivity index (χ2n) is 4.06. The number of hydrogen-bond acceptors (Lipinski definition) is 2. The minimum absolute atomic E-state index is 0.135. The Morgan fingerprint density at radius 2 is 2.05 bits per heavy atom. The zero-order chi connectivity index (χ0) is 13.8. The first kappa shape index (κ1) is 14.3. The number of halogens is 3. The fraction of sp³-hybridized carbons (Fsp3) is 0.143. The van der Waals surface area contributed by atoms with Crippen LogP contribution in [-0.2, 0) is 0 Å². The van der Waals surface area contributed by atoms with Crippen LogP contribution in [0.5, 0.6) is 0 Å². The van der Waals surface area contributed by atoms with Crippen molar-refractivity contribution < 1.29 is 9.50 Å². The van der Waals surface area contributed by atoms with Gasteiger partial charge >= 0.3 is 0 Å². The summed E-state index contributed by atoms with van der Waals surface area (Å²) in [7, 11) is 0. The summed E-state index contributed by atoms with van der Waals surface area (Å²) in [5.41, 5.74) is 1.48. The molecule has 0 saturated carbocycles. The summed E-state index contributed by atoms with van der Waals surface area (Å²) in [6.07, 6.45) is 0. The molecule has 0 saturated heterocycles. The van der Waals surface area contributed by atoms with E-state index in [1.54, 1.807) is 24.3 Å². The monoisotopic (exact) mass is 343 g/mol. The maximum atomic E-state index is 13.2. The predicted octanol–water partition coefficient (Wildman–Crippen LogP) is 4.39. The number of hydrogen-bond donors (Lipinski definition) is 2. The maximum absolute atomic E-state index is 13.2. The second kappa shape index (κ2) is 6.37. The molecule has 1 unspecified atom stereocenters. The van der Waals surface area contributed by atoms with Gasteiger partial charge in [0.15, 0.2) is 0 Å². The summed E-state index contributed by atoms with van der Waals surface area (Å²) in [5.74, 6) is -0.324. The molecular weight excluding hydrogens is 333 g/mol. The van der Waals surface area contributed by atoms with Gasteiger partial charge < -0.3 is 10.4 Å². The van der Waals surface area contributed by atoms with E-state index in [0.29, 0.717) is 10.6 Å². The van der Waals surface area contributed by atoms with E-state index in [-0.39, 0.29) is 18.5 Å². The van der Waals surface area contributed by atoms with E-state index < -0.39 is 0 Å². The highest BCUT2D eigenvalue weighted by atomic mass is 79.9. The number of anilines is 1. The van der Waals surface area contributed by atoms with Gasteiger partial charge in [-0.25, -0.2) is 4.39 Å². The van der Waals surface area contributed by atoms with Crippen LogP contribution in [0.25, 0.3) is 0 Å². The van der Waals surface area contributed by atoms with Crippen LogP contribution in [0.15, 0.2) is 46.9 Å². The van der Waals surface area contributed by atoms with Crippen molar-refractivity contribution in [2.45, 2.75) is 6.04 Å². The van der Waals surface area contributed by atoms with Crippen LogP contribution in [0, 0.1) is 5.82 Å². The van der Waals surface area contributed by atoms with Gasteiger partial charge in [-0.2, -0.15) is 0 Å². The van der Waals surface area contributed by atoms with E-state index in [4.69, 9.17) is 11.6 Å². The first-order valence-electron chi connectivity index (χ1n) is 5.68.